The van der Waals surface area contributed by atoms with E-state index in [2.05, 4.69) is 50.7 Å². The molecule has 2 aromatic rings. The molecule has 0 radical (unpaired) electrons. The summed E-state index contributed by atoms with van der Waals surface area (Å²) in [6.45, 7) is 5.74. The van der Waals surface area contributed by atoms with E-state index in [1.54, 1.807) is 11.3 Å². The second-order valence-corrected chi connectivity index (χ2v) is 6.57. The van der Waals surface area contributed by atoms with Gasteiger partial charge in [-0.3, -0.25) is 4.40 Å². The number of hydrogen-bond acceptors (Lipinski definition) is 3. The third-order valence-corrected chi connectivity index (χ3v) is 4.91. The molecule has 0 N–H and O–H groups in total. The first-order chi connectivity index (χ1) is 8.13. The van der Waals surface area contributed by atoms with Crippen LogP contribution in [-0.2, 0) is 5.33 Å². The van der Waals surface area contributed by atoms with Crippen molar-refractivity contribution in [3.63, 3.8) is 0 Å². The largest absolute Gasteiger partial charge is 0.350 e. The molecule has 0 bridgehead atoms. The number of rotatable bonds is 2. The fourth-order valence-electron chi connectivity index (χ4n) is 2.66. The number of imidazole rings is 1. The minimum Gasteiger partial charge on any atom is -0.350 e. The molecule has 0 aromatic carbocycles. The van der Waals surface area contributed by atoms with Gasteiger partial charge < -0.3 is 4.90 Å². The molecule has 0 spiro atoms. The summed E-state index contributed by atoms with van der Waals surface area (Å²) in [5, 5.41) is 2.94. The van der Waals surface area contributed by atoms with Gasteiger partial charge in [0.15, 0.2) is 10.8 Å². The summed E-state index contributed by atoms with van der Waals surface area (Å²) in [6.07, 6.45) is 4.62. The lowest BCUT2D eigenvalue weighted by Gasteiger charge is -2.32. The molecule has 17 heavy (non-hydrogen) atoms. The number of halogens is 1. The second kappa shape index (κ2) is 3.99. The topological polar surface area (TPSA) is 20.5 Å². The molecule has 1 aliphatic rings. The zero-order valence-corrected chi connectivity index (χ0v) is 12.5. The highest BCUT2D eigenvalue weighted by Gasteiger charge is 2.35. The number of hydrogen-bond donors (Lipinski definition) is 0. The monoisotopic (exact) mass is 313 g/mol. The molecule has 1 aliphatic heterocycles. The third-order valence-electron chi connectivity index (χ3n) is 3.62. The fourth-order valence-corrected chi connectivity index (χ4v) is 3.91. The van der Waals surface area contributed by atoms with Crippen molar-refractivity contribution in [1.82, 2.24) is 9.38 Å². The Hall–Kier alpha value is -0.550. The summed E-state index contributed by atoms with van der Waals surface area (Å²) in [7, 11) is 0. The molecule has 0 unspecified atom stereocenters. The summed E-state index contributed by atoms with van der Waals surface area (Å²) < 4.78 is 2.20. The standard InChI is InChI=1S/C12H16BrN3S/c1-12(2)4-3-5-16(12)10-9(8-13)15-6-7-17-11(15)14-10/h6-7H,3-5,8H2,1-2H3. The Balaban J connectivity index is 2.13. The predicted molar refractivity (Wildman–Crippen MR) is 76.4 cm³/mol. The Kier molecular flexibility index (Phi) is 2.70. The molecule has 3 rings (SSSR count). The van der Waals surface area contributed by atoms with Crippen LogP contribution >= 0.6 is 27.3 Å². The van der Waals surface area contributed by atoms with Gasteiger partial charge in [-0.15, -0.1) is 11.3 Å². The van der Waals surface area contributed by atoms with E-state index in [9.17, 15) is 0 Å². The van der Waals surface area contributed by atoms with Crippen LogP contribution in [0.3, 0.4) is 0 Å². The SMILES string of the molecule is CC1(C)CCCN1c1nc2sccn2c1CBr. The van der Waals surface area contributed by atoms with Gasteiger partial charge in [-0.25, -0.2) is 4.98 Å². The average Bonchev–Trinajstić information content (AvgIpc) is 2.89. The first-order valence-corrected chi connectivity index (χ1v) is 7.91. The van der Waals surface area contributed by atoms with Crippen molar-refractivity contribution in [2.75, 3.05) is 11.4 Å². The smallest absolute Gasteiger partial charge is 0.195 e. The van der Waals surface area contributed by atoms with E-state index < -0.39 is 0 Å². The van der Waals surface area contributed by atoms with Crippen LogP contribution in [0.15, 0.2) is 11.6 Å². The molecular formula is C12H16BrN3S. The van der Waals surface area contributed by atoms with Gasteiger partial charge in [0.1, 0.15) is 0 Å². The van der Waals surface area contributed by atoms with Crippen molar-refractivity contribution < 1.29 is 0 Å². The van der Waals surface area contributed by atoms with Gasteiger partial charge in [-0.1, -0.05) is 15.9 Å². The zero-order chi connectivity index (χ0) is 12.0. The number of anilines is 1. The van der Waals surface area contributed by atoms with Crippen LogP contribution in [0.25, 0.3) is 4.96 Å². The number of fused-ring (bicyclic) bond motifs is 1. The van der Waals surface area contributed by atoms with Crippen LogP contribution in [0.1, 0.15) is 32.4 Å². The van der Waals surface area contributed by atoms with Crippen LogP contribution in [0.2, 0.25) is 0 Å². The fraction of sp³-hybridized carbons (Fsp3) is 0.583. The first-order valence-electron chi connectivity index (χ1n) is 5.91. The molecule has 0 atom stereocenters. The van der Waals surface area contributed by atoms with Crippen molar-refractivity contribution in [3.8, 4) is 0 Å². The summed E-state index contributed by atoms with van der Waals surface area (Å²) in [5.41, 5.74) is 1.51. The van der Waals surface area contributed by atoms with Crippen LogP contribution in [0.4, 0.5) is 5.82 Å². The summed E-state index contributed by atoms with van der Waals surface area (Å²) in [4.78, 5) is 8.35. The first kappa shape index (κ1) is 11.5. The maximum atomic E-state index is 4.80. The van der Waals surface area contributed by atoms with Crippen LogP contribution in [0.5, 0.6) is 0 Å². The van der Waals surface area contributed by atoms with Gasteiger partial charge in [0.2, 0.25) is 0 Å². The van der Waals surface area contributed by atoms with E-state index in [-0.39, 0.29) is 5.54 Å². The van der Waals surface area contributed by atoms with Crippen LogP contribution < -0.4 is 4.90 Å². The maximum absolute atomic E-state index is 4.80. The molecule has 1 saturated heterocycles. The summed E-state index contributed by atoms with van der Waals surface area (Å²) in [5.74, 6) is 1.16. The second-order valence-electron chi connectivity index (χ2n) is 5.14. The molecule has 2 aromatic heterocycles. The Labute approximate surface area is 114 Å². The van der Waals surface area contributed by atoms with E-state index in [1.807, 2.05) is 0 Å². The van der Waals surface area contributed by atoms with Crippen molar-refractivity contribution in [2.45, 2.75) is 37.6 Å². The minimum atomic E-state index is 0.237. The van der Waals surface area contributed by atoms with E-state index in [0.717, 1.165) is 22.7 Å². The Morgan fingerprint density at radius 2 is 2.35 bits per heavy atom. The maximum Gasteiger partial charge on any atom is 0.195 e. The molecule has 92 valence electrons. The Morgan fingerprint density at radius 3 is 3.00 bits per heavy atom. The Bertz CT molecular complexity index is 543. The van der Waals surface area contributed by atoms with Crippen molar-refractivity contribution in [3.05, 3.63) is 17.3 Å². The van der Waals surface area contributed by atoms with Gasteiger partial charge in [0.05, 0.1) is 5.69 Å². The molecule has 0 aliphatic carbocycles. The lowest BCUT2D eigenvalue weighted by Crippen LogP contribution is -2.38. The van der Waals surface area contributed by atoms with E-state index >= 15 is 0 Å². The average molecular weight is 314 g/mol. The lowest BCUT2D eigenvalue weighted by atomic mass is 10.0. The van der Waals surface area contributed by atoms with Crippen molar-refractivity contribution in [2.24, 2.45) is 0 Å². The van der Waals surface area contributed by atoms with E-state index in [4.69, 9.17) is 4.98 Å². The quantitative estimate of drug-likeness (QED) is 0.789. The highest BCUT2D eigenvalue weighted by atomic mass is 79.9. The zero-order valence-electron chi connectivity index (χ0n) is 10.1. The van der Waals surface area contributed by atoms with E-state index in [1.165, 1.54) is 18.5 Å². The highest BCUT2D eigenvalue weighted by Crippen LogP contribution is 2.36. The number of nitrogens with zero attached hydrogens (tertiary/aromatic N) is 3. The van der Waals surface area contributed by atoms with Gasteiger partial charge in [-0.05, 0) is 26.7 Å². The molecule has 3 heterocycles. The normalized spacial score (nSPS) is 19.4. The lowest BCUT2D eigenvalue weighted by molar-refractivity contribution is 0.514. The Morgan fingerprint density at radius 1 is 1.53 bits per heavy atom. The molecule has 0 amide bonds. The summed E-state index contributed by atoms with van der Waals surface area (Å²) in [6, 6.07) is 0. The molecule has 1 fully saturated rings. The van der Waals surface area contributed by atoms with E-state index in [0.29, 0.717) is 0 Å². The van der Waals surface area contributed by atoms with Crippen molar-refractivity contribution >= 4 is 38.0 Å². The van der Waals surface area contributed by atoms with Crippen LogP contribution in [0, 0.1) is 0 Å². The van der Waals surface area contributed by atoms with Crippen LogP contribution in [-0.4, -0.2) is 21.5 Å². The third kappa shape index (κ3) is 1.71. The highest BCUT2D eigenvalue weighted by molar-refractivity contribution is 9.08. The van der Waals surface area contributed by atoms with Gasteiger partial charge >= 0.3 is 0 Å². The number of alkyl halides is 1. The molecule has 3 nitrogen and oxygen atoms in total. The molecule has 5 heteroatoms. The molecular weight excluding hydrogens is 298 g/mol. The van der Waals surface area contributed by atoms with Gasteiger partial charge in [0, 0.05) is 29.0 Å². The van der Waals surface area contributed by atoms with Gasteiger partial charge in [0.25, 0.3) is 0 Å². The minimum absolute atomic E-state index is 0.237. The van der Waals surface area contributed by atoms with Crippen molar-refractivity contribution in [1.29, 1.82) is 0 Å². The number of thiazole rings is 1. The summed E-state index contributed by atoms with van der Waals surface area (Å²) >= 11 is 5.30. The predicted octanol–water partition coefficient (Wildman–Crippen LogP) is 3.67. The molecule has 0 saturated carbocycles. The number of aromatic nitrogens is 2. The van der Waals surface area contributed by atoms with Gasteiger partial charge in [-0.2, -0.15) is 0 Å².